The number of benzene rings is 2. The summed E-state index contributed by atoms with van der Waals surface area (Å²) in [6.45, 7) is 3.87. The molecular weight excluding hydrogens is 396 g/mol. The average Bonchev–Trinajstić information content (AvgIpc) is 3.19. The zero-order chi connectivity index (χ0) is 22.3. The number of hydrogen-bond donors (Lipinski definition) is 3. The first kappa shape index (κ1) is 21.1. The monoisotopic (exact) mass is 422 g/mol. The SMILES string of the molecule is CC(C)C[C@]1(C(=O)O)N[C@H](c2ccccc2O)[C@H]2C(=O)N(Cc3ccccc3)C(=O)[C@H]21. The number of carbonyl (C=O) groups is 3. The van der Waals surface area contributed by atoms with Gasteiger partial charge < -0.3 is 10.2 Å². The second-order valence-electron chi connectivity index (χ2n) is 8.81. The highest BCUT2D eigenvalue weighted by atomic mass is 16.4. The van der Waals surface area contributed by atoms with Crippen molar-refractivity contribution >= 4 is 17.8 Å². The van der Waals surface area contributed by atoms with E-state index in [9.17, 15) is 24.6 Å². The number of carbonyl (C=O) groups excluding carboxylic acids is 2. The van der Waals surface area contributed by atoms with E-state index in [0.717, 1.165) is 5.56 Å². The summed E-state index contributed by atoms with van der Waals surface area (Å²) < 4.78 is 0. The van der Waals surface area contributed by atoms with Crippen LogP contribution in [0.2, 0.25) is 0 Å². The number of fused-ring (bicyclic) bond motifs is 1. The van der Waals surface area contributed by atoms with Gasteiger partial charge in [-0.3, -0.25) is 24.6 Å². The Morgan fingerprint density at radius 1 is 1.06 bits per heavy atom. The molecule has 2 saturated heterocycles. The topological polar surface area (TPSA) is 107 Å². The molecule has 2 fully saturated rings. The van der Waals surface area contributed by atoms with Gasteiger partial charge in [-0.1, -0.05) is 62.4 Å². The minimum absolute atomic E-state index is 0.0292. The van der Waals surface area contributed by atoms with Crippen molar-refractivity contribution in [1.29, 1.82) is 0 Å². The minimum Gasteiger partial charge on any atom is -0.508 e. The van der Waals surface area contributed by atoms with Crippen molar-refractivity contribution in [3.05, 3.63) is 65.7 Å². The number of para-hydroxylation sites is 1. The lowest BCUT2D eigenvalue weighted by Gasteiger charge is -2.32. The van der Waals surface area contributed by atoms with Crippen LogP contribution in [0.5, 0.6) is 5.75 Å². The van der Waals surface area contributed by atoms with Gasteiger partial charge in [-0.2, -0.15) is 0 Å². The Morgan fingerprint density at radius 2 is 1.71 bits per heavy atom. The van der Waals surface area contributed by atoms with Crippen molar-refractivity contribution in [2.75, 3.05) is 0 Å². The number of carboxylic acids is 1. The minimum atomic E-state index is -1.59. The molecule has 0 aromatic heterocycles. The molecule has 2 aromatic rings. The Balaban J connectivity index is 1.81. The summed E-state index contributed by atoms with van der Waals surface area (Å²) in [7, 11) is 0. The molecule has 0 spiro atoms. The van der Waals surface area contributed by atoms with Crippen LogP contribution in [0.3, 0.4) is 0 Å². The van der Waals surface area contributed by atoms with E-state index in [2.05, 4.69) is 5.32 Å². The number of phenolic OH excluding ortho intramolecular Hbond substituents is 1. The van der Waals surface area contributed by atoms with Gasteiger partial charge in [0.15, 0.2) is 0 Å². The fraction of sp³-hybridized carbons (Fsp3) is 0.375. The molecule has 0 unspecified atom stereocenters. The van der Waals surface area contributed by atoms with Gasteiger partial charge >= 0.3 is 5.97 Å². The number of nitrogens with one attached hydrogen (secondary N) is 1. The molecule has 2 amide bonds. The standard InChI is InChI=1S/C24H26N2O5/c1-14(2)12-24(23(30)31)19-18(20(25-24)16-10-6-7-11-17(16)27)21(28)26(22(19)29)13-15-8-4-3-5-9-15/h3-11,14,18-20,25,27H,12-13H2,1-2H3,(H,30,31)/t18-,19-,20+,24-/m0/s1. The molecule has 31 heavy (non-hydrogen) atoms. The molecule has 0 saturated carbocycles. The lowest BCUT2D eigenvalue weighted by molar-refractivity contribution is -0.152. The maximum Gasteiger partial charge on any atom is 0.324 e. The van der Waals surface area contributed by atoms with Crippen LogP contribution in [0.25, 0.3) is 0 Å². The van der Waals surface area contributed by atoms with E-state index in [1.165, 1.54) is 11.0 Å². The normalized spacial score (nSPS) is 27.7. The van der Waals surface area contributed by atoms with Crippen LogP contribution in [0, 0.1) is 17.8 Å². The molecule has 7 nitrogen and oxygen atoms in total. The molecule has 0 radical (unpaired) electrons. The summed E-state index contributed by atoms with van der Waals surface area (Å²) >= 11 is 0. The number of carboxylic acid groups (broad SMARTS) is 1. The van der Waals surface area contributed by atoms with Gasteiger partial charge in [0.25, 0.3) is 0 Å². The van der Waals surface area contributed by atoms with Gasteiger partial charge in [0.05, 0.1) is 18.4 Å². The Morgan fingerprint density at radius 3 is 2.32 bits per heavy atom. The van der Waals surface area contributed by atoms with E-state index in [4.69, 9.17) is 0 Å². The maximum absolute atomic E-state index is 13.5. The highest BCUT2D eigenvalue weighted by molar-refractivity contribution is 6.09. The lowest BCUT2D eigenvalue weighted by Crippen LogP contribution is -2.56. The van der Waals surface area contributed by atoms with Gasteiger partial charge in [-0.05, 0) is 24.0 Å². The van der Waals surface area contributed by atoms with Crippen LogP contribution in [-0.4, -0.2) is 38.4 Å². The van der Waals surface area contributed by atoms with Gasteiger partial charge in [0.2, 0.25) is 11.8 Å². The number of imide groups is 1. The van der Waals surface area contributed by atoms with E-state index in [1.54, 1.807) is 18.2 Å². The number of amides is 2. The number of aromatic hydroxyl groups is 1. The molecule has 3 N–H and O–H groups in total. The molecule has 0 bridgehead atoms. The van der Waals surface area contributed by atoms with Crippen LogP contribution in [0.4, 0.5) is 0 Å². The van der Waals surface area contributed by atoms with Crippen molar-refractivity contribution in [3.63, 3.8) is 0 Å². The number of phenols is 1. The van der Waals surface area contributed by atoms with Crippen LogP contribution in [0.15, 0.2) is 54.6 Å². The summed E-state index contributed by atoms with van der Waals surface area (Å²) in [5.41, 5.74) is -0.377. The van der Waals surface area contributed by atoms with Crippen LogP contribution < -0.4 is 5.32 Å². The Bertz CT molecular complexity index is 1020. The smallest absolute Gasteiger partial charge is 0.324 e. The Hall–Kier alpha value is -3.19. The van der Waals surface area contributed by atoms with Crippen molar-refractivity contribution in [3.8, 4) is 5.75 Å². The fourth-order valence-corrected chi connectivity index (χ4v) is 5.12. The zero-order valence-corrected chi connectivity index (χ0v) is 17.5. The zero-order valence-electron chi connectivity index (χ0n) is 17.5. The predicted molar refractivity (Wildman–Crippen MR) is 113 cm³/mol. The third kappa shape index (κ3) is 3.39. The van der Waals surface area contributed by atoms with Crippen LogP contribution >= 0.6 is 0 Å². The molecule has 2 heterocycles. The van der Waals surface area contributed by atoms with Crippen molar-refractivity contribution in [2.24, 2.45) is 17.8 Å². The second-order valence-corrected chi connectivity index (χ2v) is 8.81. The van der Waals surface area contributed by atoms with E-state index in [-0.39, 0.29) is 24.6 Å². The average molecular weight is 422 g/mol. The maximum atomic E-state index is 13.5. The molecule has 2 aliphatic rings. The first-order valence-electron chi connectivity index (χ1n) is 10.4. The number of hydrogen-bond acceptors (Lipinski definition) is 5. The highest BCUT2D eigenvalue weighted by Crippen LogP contribution is 2.52. The third-order valence-electron chi connectivity index (χ3n) is 6.31. The predicted octanol–water partition coefficient (Wildman–Crippen LogP) is 2.71. The van der Waals surface area contributed by atoms with Gasteiger partial charge in [0, 0.05) is 11.6 Å². The highest BCUT2D eigenvalue weighted by Gasteiger charge is 2.68. The molecule has 2 aliphatic heterocycles. The molecular formula is C24H26N2O5. The number of aliphatic carboxylic acids is 1. The Labute approximate surface area is 180 Å². The molecule has 7 heteroatoms. The van der Waals surface area contributed by atoms with Crippen molar-refractivity contribution in [2.45, 2.75) is 38.4 Å². The summed E-state index contributed by atoms with van der Waals surface area (Å²) in [5.74, 6) is -4.06. The van der Waals surface area contributed by atoms with Crippen LogP contribution in [-0.2, 0) is 20.9 Å². The molecule has 2 aromatic carbocycles. The van der Waals surface area contributed by atoms with Crippen molar-refractivity contribution < 1.29 is 24.6 Å². The number of likely N-dealkylation sites (tertiary alicyclic amines) is 1. The fourth-order valence-electron chi connectivity index (χ4n) is 5.12. The molecule has 4 rings (SSSR count). The summed E-state index contributed by atoms with van der Waals surface area (Å²) in [5, 5.41) is 23.8. The first-order valence-corrected chi connectivity index (χ1v) is 10.4. The van der Waals surface area contributed by atoms with E-state index in [1.807, 2.05) is 44.2 Å². The van der Waals surface area contributed by atoms with E-state index in [0.29, 0.717) is 5.56 Å². The largest absolute Gasteiger partial charge is 0.508 e. The summed E-state index contributed by atoms with van der Waals surface area (Å²) in [6, 6.07) is 14.9. The number of rotatable bonds is 6. The first-order chi connectivity index (χ1) is 14.8. The second kappa shape index (κ2) is 7.81. The summed E-state index contributed by atoms with van der Waals surface area (Å²) in [4.78, 5) is 40.7. The van der Waals surface area contributed by atoms with E-state index < -0.39 is 41.2 Å². The van der Waals surface area contributed by atoms with Gasteiger partial charge in [-0.15, -0.1) is 0 Å². The van der Waals surface area contributed by atoms with Crippen LogP contribution in [0.1, 0.15) is 37.4 Å². The Kier molecular flexibility index (Phi) is 5.31. The molecule has 0 aliphatic carbocycles. The third-order valence-corrected chi connectivity index (χ3v) is 6.31. The number of nitrogens with zero attached hydrogens (tertiary/aromatic N) is 1. The molecule has 162 valence electrons. The molecule has 4 atom stereocenters. The summed E-state index contributed by atoms with van der Waals surface area (Å²) in [6.07, 6.45) is 0.186. The van der Waals surface area contributed by atoms with Crippen molar-refractivity contribution in [1.82, 2.24) is 10.2 Å². The van der Waals surface area contributed by atoms with Gasteiger partial charge in [-0.25, -0.2) is 0 Å². The lowest BCUT2D eigenvalue weighted by atomic mass is 9.75. The van der Waals surface area contributed by atoms with E-state index >= 15 is 0 Å². The van der Waals surface area contributed by atoms with Gasteiger partial charge in [0.1, 0.15) is 11.3 Å². The quantitative estimate of drug-likeness (QED) is 0.618.